The van der Waals surface area contributed by atoms with E-state index in [0.717, 1.165) is 25.7 Å². The lowest BCUT2D eigenvalue weighted by Crippen LogP contribution is -2.35. The third-order valence-electron chi connectivity index (χ3n) is 5.61. The molecule has 1 aromatic carbocycles. The number of amides is 1. The van der Waals surface area contributed by atoms with Crippen molar-refractivity contribution in [1.29, 1.82) is 0 Å². The lowest BCUT2D eigenvalue weighted by Gasteiger charge is -2.24. The maximum absolute atomic E-state index is 12.5. The Morgan fingerprint density at radius 3 is 2.86 bits per heavy atom. The number of benzene rings is 1. The maximum atomic E-state index is 12.5. The number of likely N-dealkylation sites (tertiary alicyclic amines) is 1. The van der Waals surface area contributed by atoms with Gasteiger partial charge in [-0.1, -0.05) is 12.8 Å². The van der Waals surface area contributed by atoms with Gasteiger partial charge in [0.1, 0.15) is 12.4 Å². The summed E-state index contributed by atoms with van der Waals surface area (Å²) >= 11 is 0. The molecule has 1 atom stereocenters. The van der Waals surface area contributed by atoms with E-state index in [-0.39, 0.29) is 44.1 Å². The third kappa shape index (κ3) is 3.66. The summed E-state index contributed by atoms with van der Waals surface area (Å²) in [4.78, 5) is 37.2. The highest BCUT2D eigenvalue weighted by Crippen LogP contribution is 2.34. The highest BCUT2D eigenvalue weighted by atomic mass is 16.7. The maximum Gasteiger partial charge on any atom is 0.311 e. The van der Waals surface area contributed by atoms with Gasteiger partial charge in [0, 0.05) is 42.3 Å². The minimum Gasteiger partial charge on any atom is -0.467 e. The van der Waals surface area contributed by atoms with Crippen molar-refractivity contribution in [1.82, 2.24) is 4.90 Å². The third-order valence-corrected chi connectivity index (χ3v) is 5.61. The first-order valence-corrected chi connectivity index (χ1v) is 9.50. The number of esters is 1. The van der Waals surface area contributed by atoms with Crippen LogP contribution in [0.2, 0.25) is 0 Å². The molecule has 0 aromatic heterocycles. The van der Waals surface area contributed by atoms with E-state index in [4.69, 9.17) is 14.2 Å². The molecule has 9 nitrogen and oxygen atoms in total. The lowest BCUT2D eigenvalue weighted by molar-refractivity contribution is -0.385. The Morgan fingerprint density at radius 2 is 2.11 bits per heavy atom. The van der Waals surface area contributed by atoms with E-state index in [0.29, 0.717) is 23.4 Å². The van der Waals surface area contributed by atoms with Gasteiger partial charge in [-0.15, -0.1) is 0 Å². The fraction of sp³-hybridized carbons (Fsp3) is 0.579. The number of fused-ring (bicyclic) bond motifs is 1. The quantitative estimate of drug-likeness (QED) is 0.431. The minimum atomic E-state index is -0.505. The van der Waals surface area contributed by atoms with Gasteiger partial charge in [0.05, 0.1) is 17.4 Å². The van der Waals surface area contributed by atoms with E-state index in [9.17, 15) is 19.7 Å². The highest BCUT2D eigenvalue weighted by molar-refractivity contribution is 5.87. The Bertz CT molecular complexity index is 804. The van der Waals surface area contributed by atoms with Crippen molar-refractivity contribution in [2.45, 2.75) is 51.4 Å². The second-order valence-electron chi connectivity index (χ2n) is 7.45. The molecular weight excluding hydrogens is 368 g/mol. The molecule has 0 spiro atoms. The van der Waals surface area contributed by atoms with Gasteiger partial charge >= 0.3 is 5.97 Å². The van der Waals surface area contributed by atoms with Crippen LogP contribution in [0.25, 0.3) is 0 Å². The van der Waals surface area contributed by atoms with Gasteiger partial charge in [-0.2, -0.15) is 0 Å². The molecule has 2 fully saturated rings. The molecular formula is C19H22N2O7. The van der Waals surface area contributed by atoms with Gasteiger partial charge in [0.2, 0.25) is 5.91 Å². The Labute approximate surface area is 161 Å². The summed E-state index contributed by atoms with van der Waals surface area (Å²) in [6, 6.07) is 2.99. The first kappa shape index (κ1) is 18.7. The molecule has 3 aliphatic rings. The van der Waals surface area contributed by atoms with E-state index in [1.54, 1.807) is 0 Å². The van der Waals surface area contributed by atoms with Crippen LogP contribution in [-0.2, 0) is 32.3 Å². The van der Waals surface area contributed by atoms with Crippen LogP contribution in [0, 0.1) is 16.0 Å². The molecule has 1 aromatic rings. The number of rotatable bonds is 5. The molecule has 1 aliphatic carbocycles. The van der Waals surface area contributed by atoms with Gasteiger partial charge in [-0.25, -0.2) is 0 Å². The summed E-state index contributed by atoms with van der Waals surface area (Å²) in [5.41, 5.74) is 0.870. The molecule has 28 heavy (non-hydrogen) atoms. The van der Waals surface area contributed by atoms with E-state index in [2.05, 4.69) is 0 Å². The molecule has 0 radical (unpaired) electrons. The number of nitro groups is 1. The topological polar surface area (TPSA) is 108 Å². The van der Waals surface area contributed by atoms with Crippen LogP contribution in [0.1, 0.15) is 43.2 Å². The zero-order chi connectivity index (χ0) is 19.7. The first-order chi connectivity index (χ1) is 13.5. The second-order valence-corrected chi connectivity index (χ2v) is 7.45. The number of hydrogen-bond acceptors (Lipinski definition) is 7. The van der Waals surface area contributed by atoms with Crippen LogP contribution < -0.4 is 4.74 Å². The van der Waals surface area contributed by atoms with E-state index in [1.807, 2.05) is 4.90 Å². The van der Waals surface area contributed by atoms with Crippen LogP contribution >= 0.6 is 0 Å². The molecule has 2 heterocycles. The van der Waals surface area contributed by atoms with Gasteiger partial charge in [0.15, 0.2) is 6.79 Å². The Morgan fingerprint density at radius 1 is 1.32 bits per heavy atom. The molecule has 0 unspecified atom stereocenters. The lowest BCUT2D eigenvalue weighted by atomic mass is 10.1. The van der Waals surface area contributed by atoms with Crippen LogP contribution in [0.4, 0.5) is 5.69 Å². The van der Waals surface area contributed by atoms with Crippen molar-refractivity contribution in [2.24, 2.45) is 5.92 Å². The van der Waals surface area contributed by atoms with Gasteiger partial charge in [-0.3, -0.25) is 19.7 Å². The van der Waals surface area contributed by atoms with Gasteiger partial charge in [-0.05, 0) is 12.8 Å². The van der Waals surface area contributed by atoms with Gasteiger partial charge < -0.3 is 19.1 Å². The molecule has 1 saturated heterocycles. The predicted octanol–water partition coefficient (Wildman–Crippen LogP) is 2.30. The zero-order valence-corrected chi connectivity index (χ0v) is 15.4. The van der Waals surface area contributed by atoms with Crippen LogP contribution in [0.15, 0.2) is 12.1 Å². The summed E-state index contributed by atoms with van der Waals surface area (Å²) in [7, 11) is 0. The van der Waals surface area contributed by atoms with Crippen molar-refractivity contribution in [3.05, 3.63) is 33.4 Å². The predicted molar refractivity (Wildman–Crippen MR) is 95.3 cm³/mol. The monoisotopic (exact) mass is 390 g/mol. The number of nitro benzene ring substituents is 1. The summed E-state index contributed by atoms with van der Waals surface area (Å²) in [6.07, 6.45) is 4.38. The number of carbonyl (C=O) groups excluding carboxylic acids is 2. The molecule has 1 saturated carbocycles. The van der Waals surface area contributed by atoms with Crippen LogP contribution in [-0.4, -0.2) is 41.1 Å². The summed E-state index contributed by atoms with van der Waals surface area (Å²) in [5.74, 6) is -0.491. The number of non-ortho nitro benzene ring substituents is 1. The average Bonchev–Trinajstić information content (AvgIpc) is 3.35. The fourth-order valence-electron chi connectivity index (χ4n) is 4.22. The molecule has 2 aliphatic heterocycles. The normalized spacial score (nSPS) is 22.1. The van der Waals surface area contributed by atoms with Crippen molar-refractivity contribution in [3.8, 4) is 5.75 Å². The minimum absolute atomic E-state index is 0.00191. The second kappa shape index (κ2) is 7.75. The van der Waals surface area contributed by atoms with Crippen LogP contribution in [0.5, 0.6) is 5.75 Å². The summed E-state index contributed by atoms with van der Waals surface area (Å²) in [5, 5.41) is 11.2. The molecule has 4 rings (SSSR count). The number of ether oxygens (including phenoxy) is 3. The van der Waals surface area contributed by atoms with Crippen molar-refractivity contribution < 1.29 is 28.7 Å². The Kier molecular flexibility index (Phi) is 5.17. The zero-order valence-electron chi connectivity index (χ0n) is 15.4. The molecule has 9 heteroatoms. The number of carbonyl (C=O) groups is 2. The number of nitrogens with zero attached hydrogens (tertiary/aromatic N) is 2. The van der Waals surface area contributed by atoms with Gasteiger partial charge in [0.25, 0.3) is 5.69 Å². The molecule has 150 valence electrons. The Hall–Kier alpha value is -2.68. The van der Waals surface area contributed by atoms with Crippen molar-refractivity contribution in [2.75, 3.05) is 13.3 Å². The van der Waals surface area contributed by atoms with E-state index < -0.39 is 16.8 Å². The standard InChI is InChI=1S/C19H22N2O7/c22-17-7-12(8-20(17)15-3-1-2-4-15)19(23)27-10-14-6-16(21(24)25)5-13-9-26-11-28-18(13)14/h5-6,12,15H,1-4,7-11H2/t12-/m1/s1. The SMILES string of the molecule is O=C(OCc1cc([N+](=O)[O-])cc2c1OCOC2)[C@@H]1CC(=O)N(C2CCCC2)C1. The molecule has 0 N–H and O–H groups in total. The van der Waals surface area contributed by atoms with Crippen molar-refractivity contribution in [3.63, 3.8) is 0 Å². The first-order valence-electron chi connectivity index (χ1n) is 9.50. The largest absolute Gasteiger partial charge is 0.467 e. The van der Waals surface area contributed by atoms with Crippen molar-refractivity contribution >= 4 is 17.6 Å². The highest BCUT2D eigenvalue weighted by Gasteiger charge is 2.39. The van der Waals surface area contributed by atoms with E-state index in [1.165, 1.54) is 12.1 Å². The number of hydrogen-bond donors (Lipinski definition) is 0. The van der Waals surface area contributed by atoms with Crippen LogP contribution in [0.3, 0.4) is 0 Å². The fourth-order valence-corrected chi connectivity index (χ4v) is 4.22. The smallest absolute Gasteiger partial charge is 0.311 e. The molecule has 0 bridgehead atoms. The average molecular weight is 390 g/mol. The Balaban J connectivity index is 1.43. The van der Waals surface area contributed by atoms with E-state index >= 15 is 0 Å². The molecule has 1 amide bonds. The summed E-state index contributed by atoms with van der Waals surface area (Å²) in [6.45, 7) is 0.487. The summed E-state index contributed by atoms with van der Waals surface area (Å²) < 4.78 is 16.0.